The summed E-state index contributed by atoms with van der Waals surface area (Å²) < 4.78 is 0. The molecule has 0 aromatic heterocycles. The number of hydrogen-bond acceptors (Lipinski definition) is 2. The Balaban J connectivity index is 1.86. The molecule has 0 bridgehead atoms. The molecule has 0 aliphatic heterocycles. The van der Waals surface area contributed by atoms with Crippen molar-refractivity contribution >= 4 is 5.91 Å². The summed E-state index contributed by atoms with van der Waals surface area (Å²) in [4.78, 5) is 11.4. The molecule has 0 spiro atoms. The van der Waals surface area contributed by atoms with Crippen LogP contribution in [0, 0.1) is 11.8 Å². The zero-order chi connectivity index (χ0) is 10.4. The highest BCUT2D eigenvalue weighted by atomic mass is 16.2. The second-order valence-electron chi connectivity index (χ2n) is 4.25. The summed E-state index contributed by atoms with van der Waals surface area (Å²) in [6.07, 6.45) is 5.14. The summed E-state index contributed by atoms with van der Waals surface area (Å²) in [5, 5.41) is 11.5. The molecule has 2 atom stereocenters. The van der Waals surface area contributed by atoms with Crippen LogP contribution in [0.4, 0.5) is 0 Å². The average Bonchev–Trinajstić information content (AvgIpc) is 2.88. The minimum absolute atomic E-state index is 0.236. The van der Waals surface area contributed by atoms with Crippen LogP contribution < -0.4 is 5.32 Å². The minimum atomic E-state index is 0.236. The molecule has 0 saturated heterocycles. The maximum atomic E-state index is 11.4. The van der Waals surface area contributed by atoms with Crippen LogP contribution in [0.5, 0.6) is 0 Å². The molecule has 0 aromatic rings. The van der Waals surface area contributed by atoms with E-state index in [9.17, 15) is 4.79 Å². The van der Waals surface area contributed by atoms with Gasteiger partial charge < -0.3 is 10.4 Å². The molecule has 1 saturated carbocycles. The molecule has 2 N–H and O–H groups in total. The van der Waals surface area contributed by atoms with Crippen molar-refractivity contribution in [1.29, 1.82) is 0 Å². The number of hydrogen-bond donors (Lipinski definition) is 2. The van der Waals surface area contributed by atoms with E-state index in [1.54, 1.807) is 0 Å². The molecule has 82 valence electrons. The van der Waals surface area contributed by atoms with E-state index in [-0.39, 0.29) is 12.5 Å². The molecule has 0 heterocycles. The van der Waals surface area contributed by atoms with Crippen LogP contribution in [0.25, 0.3) is 0 Å². The summed E-state index contributed by atoms with van der Waals surface area (Å²) in [5.74, 6) is 1.14. The van der Waals surface area contributed by atoms with Gasteiger partial charge in [0.25, 0.3) is 0 Å². The fourth-order valence-electron chi connectivity index (χ4n) is 1.62. The number of unbranched alkanes of at least 4 members (excludes halogenated alkanes) is 3. The molecular formula is C11H21NO2. The molecule has 0 aromatic carbocycles. The van der Waals surface area contributed by atoms with Crippen molar-refractivity contribution < 1.29 is 9.90 Å². The summed E-state index contributed by atoms with van der Waals surface area (Å²) in [6.45, 7) is 3.20. The predicted octanol–water partition coefficient (Wildman–Crippen LogP) is 1.31. The molecule has 1 amide bonds. The Bertz CT molecular complexity index is 182. The van der Waals surface area contributed by atoms with Crippen LogP contribution >= 0.6 is 0 Å². The summed E-state index contributed by atoms with van der Waals surface area (Å²) in [6, 6.07) is 0. The first-order valence-electron chi connectivity index (χ1n) is 5.64. The maximum Gasteiger partial charge on any atom is 0.223 e. The van der Waals surface area contributed by atoms with Crippen molar-refractivity contribution in [3.05, 3.63) is 0 Å². The Kier molecular flexibility index (Phi) is 4.94. The lowest BCUT2D eigenvalue weighted by Crippen LogP contribution is -2.26. The van der Waals surface area contributed by atoms with Gasteiger partial charge in [0.05, 0.1) is 0 Å². The van der Waals surface area contributed by atoms with Crippen molar-refractivity contribution in [1.82, 2.24) is 5.32 Å². The van der Waals surface area contributed by atoms with Gasteiger partial charge in [-0.05, 0) is 25.2 Å². The molecular weight excluding hydrogens is 178 g/mol. The van der Waals surface area contributed by atoms with E-state index in [0.717, 1.165) is 38.6 Å². The Morgan fingerprint density at radius 1 is 1.36 bits per heavy atom. The van der Waals surface area contributed by atoms with Crippen molar-refractivity contribution in [2.75, 3.05) is 13.2 Å². The molecule has 1 rings (SSSR count). The molecule has 3 heteroatoms. The van der Waals surface area contributed by atoms with Crippen molar-refractivity contribution in [2.45, 2.75) is 39.0 Å². The zero-order valence-electron chi connectivity index (χ0n) is 8.96. The second-order valence-corrected chi connectivity index (χ2v) is 4.25. The van der Waals surface area contributed by atoms with Crippen LogP contribution in [0.2, 0.25) is 0 Å². The number of aliphatic hydroxyl groups excluding tert-OH is 1. The van der Waals surface area contributed by atoms with Crippen LogP contribution in [-0.2, 0) is 4.79 Å². The number of amides is 1. The lowest BCUT2D eigenvalue weighted by molar-refractivity contribution is -0.122. The molecule has 14 heavy (non-hydrogen) atoms. The van der Waals surface area contributed by atoms with Crippen molar-refractivity contribution in [2.24, 2.45) is 11.8 Å². The first-order chi connectivity index (χ1) is 6.75. The first kappa shape index (κ1) is 11.5. The first-order valence-corrected chi connectivity index (χ1v) is 5.64. The topological polar surface area (TPSA) is 49.3 Å². The number of rotatable bonds is 7. The third-order valence-electron chi connectivity index (χ3n) is 2.83. The Morgan fingerprint density at radius 2 is 2.00 bits per heavy atom. The van der Waals surface area contributed by atoms with E-state index in [1.165, 1.54) is 0 Å². The number of aliphatic hydroxyl groups is 1. The van der Waals surface area contributed by atoms with Gasteiger partial charge in [0.2, 0.25) is 5.91 Å². The standard InChI is InChI=1S/C11H21NO2/c1-9-8-10(9)11(14)12-6-4-2-3-5-7-13/h9-10,13H,2-8H2,1H3,(H,12,14). The monoisotopic (exact) mass is 199 g/mol. The largest absolute Gasteiger partial charge is 0.396 e. The zero-order valence-corrected chi connectivity index (χ0v) is 8.96. The third kappa shape index (κ3) is 4.09. The van der Waals surface area contributed by atoms with Gasteiger partial charge in [-0.2, -0.15) is 0 Å². The summed E-state index contributed by atoms with van der Waals surface area (Å²) in [5.41, 5.74) is 0. The minimum Gasteiger partial charge on any atom is -0.396 e. The number of nitrogens with one attached hydrogen (secondary N) is 1. The number of carbonyl (C=O) groups is 1. The Morgan fingerprint density at radius 3 is 2.57 bits per heavy atom. The summed E-state index contributed by atoms with van der Waals surface area (Å²) in [7, 11) is 0. The highest BCUT2D eigenvalue weighted by molar-refractivity contribution is 5.81. The summed E-state index contributed by atoms with van der Waals surface area (Å²) >= 11 is 0. The lowest BCUT2D eigenvalue weighted by Gasteiger charge is -2.03. The van der Waals surface area contributed by atoms with E-state index in [4.69, 9.17) is 5.11 Å². The lowest BCUT2D eigenvalue weighted by atomic mass is 10.2. The molecule has 1 fully saturated rings. The van der Waals surface area contributed by atoms with Crippen LogP contribution in [0.1, 0.15) is 39.0 Å². The van der Waals surface area contributed by atoms with E-state index in [1.807, 2.05) is 0 Å². The van der Waals surface area contributed by atoms with Crippen LogP contribution in [0.15, 0.2) is 0 Å². The van der Waals surface area contributed by atoms with E-state index >= 15 is 0 Å². The highest BCUT2D eigenvalue weighted by Gasteiger charge is 2.38. The predicted molar refractivity (Wildman–Crippen MR) is 55.8 cm³/mol. The van der Waals surface area contributed by atoms with Gasteiger partial charge in [-0.15, -0.1) is 0 Å². The smallest absolute Gasteiger partial charge is 0.223 e. The van der Waals surface area contributed by atoms with Gasteiger partial charge in [0.1, 0.15) is 0 Å². The van der Waals surface area contributed by atoms with Crippen molar-refractivity contribution in [3.8, 4) is 0 Å². The van der Waals surface area contributed by atoms with Crippen LogP contribution in [0.3, 0.4) is 0 Å². The Labute approximate surface area is 85.9 Å². The second kappa shape index (κ2) is 6.02. The van der Waals surface area contributed by atoms with Gasteiger partial charge in [-0.25, -0.2) is 0 Å². The number of carbonyl (C=O) groups excluding carboxylic acids is 1. The van der Waals surface area contributed by atoms with E-state index in [2.05, 4.69) is 12.2 Å². The molecule has 3 nitrogen and oxygen atoms in total. The molecule has 2 unspecified atom stereocenters. The van der Waals surface area contributed by atoms with Gasteiger partial charge in [0, 0.05) is 19.1 Å². The third-order valence-corrected chi connectivity index (χ3v) is 2.83. The fraction of sp³-hybridized carbons (Fsp3) is 0.909. The van der Waals surface area contributed by atoms with Gasteiger partial charge in [0.15, 0.2) is 0 Å². The van der Waals surface area contributed by atoms with Gasteiger partial charge in [-0.3, -0.25) is 4.79 Å². The average molecular weight is 199 g/mol. The molecule has 1 aliphatic rings. The Hall–Kier alpha value is -0.570. The highest BCUT2D eigenvalue weighted by Crippen LogP contribution is 2.37. The molecule has 0 radical (unpaired) electrons. The van der Waals surface area contributed by atoms with Crippen LogP contribution in [-0.4, -0.2) is 24.2 Å². The van der Waals surface area contributed by atoms with Gasteiger partial charge >= 0.3 is 0 Å². The maximum absolute atomic E-state index is 11.4. The SMILES string of the molecule is CC1CC1C(=O)NCCCCCCO. The van der Waals surface area contributed by atoms with E-state index < -0.39 is 0 Å². The van der Waals surface area contributed by atoms with Crippen molar-refractivity contribution in [3.63, 3.8) is 0 Å². The fourth-order valence-corrected chi connectivity index (χ4v) is 1.62. The quantitative estimate of drug-likeness (QED) is 0.607. The normalized spacial score (nSPS) is 24.7. The molecule has 1 aliphatic carbocycles. The van der Waals surface area contributed by atoms with E-state index in [0.29, 0.717) is 11.8 Å². The van der Waals surface area contributed by atoms with Gasteiger partial charge in [-0.1, -0.05) is 19.8 Å².